The molecule has 0 aliphatic rings. The molecular weight excluding hydrogens is 421 g/mol. The highest BCUT2D eigenvalue weighted by Crippen LogP contribution is 2.28. The highest BCUT2D eigenvalue weighted by atomic mass is 35.5. The highest BCUT2D eigenvalue weighted by molar-refractivity contribution is 7.98. The molecule has 0 spiro atoms. The van der Waals surface area contributed by atoms with Crippen LogP contribution in [0.4, 0.5) is 4.39 Å². The van der Waals surface area contributed by atoms with Gasteiger partial charge in [0.05, 0.1) is 4.90 Å². The Morgan fingerprint density at radius 1 is 1.14 bits per heavy atom. The SMILES string of the molecule is CCn1c(CS(=O)(=O)c2ccc(C)cc2)nnc1SCc1c(F)cccc1Cl. The fraction of sp³-hybridized carbons (Fsp3) is 0.263. The van der Waals surface area contributed by atoms with Crippen LogP contribution >= 0.6 is 23.4 Å². The van der Waals surface area contributed by atoms with Crippen LogP contribution in [0.3, 0.4) is 0 Å². The van der Waals surface area contributed by atoms with E-state index in [9.17, 15) is 12.8 Å². The Morgan fingerprint density at radius 2 is 1.86 bits per heavy atom. The second-order valence-corrected chi connectivity index (χ2v) is 9.54. The zero-order valence-electron chi connectivity index (χ0n) is 15.4. The van der Waals surface area contributed by atoms with Crippen LogP contribution in [0.2, 0.25) is 5.02 Å². The lowest BCUT2D eigenvalue weighted by atomic mass is 10.2. The standard InChI is InChI=1S/C19H19ClFN3O2S2/c1-3-24-18(12-28(25,26)14-9-7-13(2)8-10-14)22-23-19(24)27-11-15-16(20)5-4-6-17(15)21/h4-10H,3,11-12H2,1-2H3. The topological polar surface area (TPSA) is 64.8 Å². The van der Waals surface area contributed by atoms with Gasteiger partial charge in [-0.25, -0.2) is 12.8 Å². The molecule has 5 nitrogen and oxygen atoms in total. The second kappa shape index (κ2) is 8.63. The van der Waals surface area contributed by atoms with Crippen molar-refractivity contribution in [3.05, 3.63) is 70.3 Å². The van der Waals surface area contributed by atoms with Crippen LogP contribution in [0.15, 0.2) is 52.5 Å². The van der Waals surface area contributed by atoms with E-state index in [1.807, 2.05) is 13.8 Å². The van der Waals surface area contributed by atoms with Crippen molar-refractivity contribution in [1.82, 2.24) is 14.8 Å². The van der Waals surface area contributed by atoms with Gasteiger partial charge in [-0.3, -0.25) is 0 Å². The summed E-state index contributed by atoms with van der Waals surface area (Å²) in [6.45, 7) is 4.28. The molecule has 2 aromatic carbocycles. The first-order chi connectivity index (χ1) is 13.3. The number of halogens is 2. The van der Waals surface area contributed by atoms with E-state index in [4.69, 9.17) is 11.6 Å². The Balaban J connectivity index is 1.81. The summed E-state index contributed by atoms with van der Waals surface area (Å²) in [4.78, 5) is 0.246. The number of sulfone groups is 1. The third-order valence-corrected chi connectivity index (χ3v) is 7.19. The summed E-state index contributed by atoms with van der Waals surface area (Å²) < 4.78 is 41.1. The molecule has 0 radical (unpaired) electrons. The third-order valence-electron chi connectivity index (χ3n) is 4.22. The van der Waals surface area contributed by atoms with E-state index >= 15 is 0 Å². The first-order valence-electron chi connectivity index (χ1n) is 8.59. The fourth-order valence-corrected chi connectivity index (χ4v) is 5.29. The van der Waals surface area contributed by atoms with Crippen molar-refractivity contribution in [1.29, 1.82) is 0 Å². The molecule has 28 heavy (non-hydrogen) atoms. The van der Waals surface area contributed by atoms with E-state index in [1.165, 1.54) is 17.8 Å². The van der Waals surface area contributed by atoms with Gasteiger partial charge in [0, 0.05) is 22.9 Å². The van der Waals surface area contributed by atoms with E-state index in [1.54, 1.807) is 41.0 Å². The van der Waals surface area contributed by atoms with Crippen molar-refractivity contribution in [2.24, 2.45) is 0 Å². The maximum absolute atomic E-state index is 14.0. The number of thioether (sulfide) groups is 1. The Labute approximate surface area is 172 Å². The number of hydrogen-bond donors (Lipinski definition) is 0. The summed E-state index contributed by atoms with van der Waals surface area (Å²) in [6.07, 6.45) is 0. The monoisotopic (exact) mass is 439 g/mol. The normalized spacial score (nSPS) is 11.7. The van der Waals surface area contributed by atoms with Gasteiger partial charge in [0.1, 0.15) is 17.4 Å². The second-order valence-electron chi connectivity index (χ2n) is 6.20. The number of rotatable bonds is 7. The van der Waals surface area contributed by atoms with Gasteiger partial charge in [0.25, 0.3) is 0 Å². The van der Waals surface area contributed by atoms with Crippen molar-refractivity contribution < 1.29 is 12.8 Å². The molecule has 9 heteroatoms. The smallest absolute Gasteiger partial charge is 0.191 e. The molecule has 0 aliphatic heterocycles. The Morgan fingerprint density at radius 3 is 2.50 bits per heavy atom. The lowest BCUT2D eigenvalue weighted by molar-refractivity contribution is 0.588. The van der Waals surface area contributed by atoms with Gasteiger partial charge in [-0.15, -0.1) is 10.2 Å². The first kappa shape index (κ1) is 20.8. The molecule has 0 fully saturated rings. The highest BCUT2D eigenvalue weighted by Gasteiger charge is 2.21. The summed E-state index contributed by atoms with van der Waals surface area (Å²) >= 11 is 7.33. The van der Waals surface area contributed by atoms with Crippen molar-refractivity contribution in [2.75, 3.05) is 0 Å². The van der Waals surface area contributed by atoms with Gasteiger partial charge < -0.3 is 4.57 Å². The van der Waals surface area contributed by atoms with Crippen LogP contribution in [0.1, 0.15) is 23.9 Å². The average molecular weight is 440 g/mol. The van der Waals surface area contributed by atoms with Crippen molar-refractivity contribution in [3.8, 4) is 0 Å². The average Bonchev–Trinajstić information content (AvgIpc) is 3.02. The Kier molecular flexibility index (Phi) is 6.42. The molecule has 0 saturated heterocycles. The van der Waals surface area contributed by atoms with E-state index in [0.717, 1.165) is 5.56 Å². The largest absolute Gasteiger partial charge is 0.305 e. The van der Waals surface area contributed by atoms with Crippen LogP contribution < -0.4 is 0 Å². The van der Waals surface area contributed by atoms with Crippen LogP contribution in [0.5, 0.6) is 0 Å². The minimum absolute atomic E-state index is 0.246. The van der Waals surface area contributed by atoms with E-state index in [-0.39, 0.29) is 22.2 Å². The molecule has 3 rings (SSSR count). The summed E-state index contributed by atoms with van der Waals surface area (Å²) in [5.74, 6) is -0.0124. The lowest BCUT2D eigenvalue weighted by Gasteiger charge is -2.09. The van der Waals surface area contributed by atoms with E-state index in [0.29, 0.717) is 28.1 Å². The number of hydrogen-bond acceptors (Lipinski definition) is 5. The molecule has 1 aromatic heterocycles. The minimum atomic E-state index is -3.54. The third kappa shape index (κ3) is 4.56. The Bertz CT molecular complexity index is 1060. The molecule has 0 atom stereocenters. The van der Waals surface area contributed by atoms with Gasteiger partial charge in [0.15, 0.2) is 15.0 Å². The number of aryl methyl sites for hydroxylation is 1. The van der Waals surface area contributed by atoms with E-state index < -0.39 is 9.84 Å². The Hall–Kier alpha value is -1.90. The molecule has 0 aliphatic carbocycles. The lowest BCUT2D eigenvalue weighted by Crippen LogP contribution is -2.11. The van der Waals surface area contributed by atoms with Crippen molar-refractivity contribution >= 4 is 33.2 Å². The number of benzene rings is 2. The van der Waals surface area contributed by atoms with Crippen LogP contribution in [-0.4, -0.2) is 23.2 Å². The predicted molar refractivity (Wildman–Crippen MR) is 109 cm³/mol. The van der Waals surface area contributed by atoms with Gasteiger partial charge >= 0.3 is 0 Å². The van der Waals surface area contributed by atoms with Crippen molar-refractivity contribution in [2.45, 2.75) is 41.9 Å². The maximum atomic E-state index is 14.0. The summed E-state index contributed by atoms with van der Waals surface area (Å²) in [5.41, 5.74) is 1.37. The first-order valence-corrected chi connectivity index (χ1v) is 11.6. The van der Waals surface area contributed by atoms with Gasteiger partial charge in [0.2, 0.25) is 0 Å². The molecule has 0 saturated carbocycles. The van der Waals surface area contributed by atoms with Crippen LogP contribution in [0.25, 0.3) is 0 Å². The molecule has 0 unspecified atom stereocenters. The van der Waals surface area contributed by atoms with Crippen LogP contribution in [-0.2, 0) is 27.9 Å². The molecule has 0 amide bonds. The fourth-order valence-electron chi connectivity index (χ4n) is 2.66. The molecule has 0 bridgehead atoms. The summed E-state index contributed by atoms with van der Waals surface area (Å²) in [7, 11) is -3.54. The summed E-state index contributed by atoms with van der Waals surface area (Å²) in [5, 5.41) is 9.03. The van der Waals surface area contributed by atoms with Gasteiger partial charge in [-0.2, -0.15) is 0 Å². The maximum Gasteiger partial charge on any atom is 0.191 e. The number of aromatic nitrogens is 3. The molecule has 3 aromatic rings. The van der Waals surface area contributed by atoms with E-state index in [2.05, 4.69) is 10.2 Å². The predicted octanol–water partition coefficient (Wildman–Crippen LogP) is 4.67. The zero-order valence-corrected chi connectivity index (χ0v) is 17.8. The van der Waals surface area contributed by atoms with Crippen molar-refractivity contribution in [3.63, 3.8) is 0 Å². The van der Waals surface area contributed by atoms with Gasteiger partial charge in [-0.1, -0.05) is 47.1 Å². The summed E-state index contributed by atoms with van der Waals surface area (Å²) in [6, 6.07) is 11.2. The zero-order chi connectivity index (χ0) is 20.3. The van der Waals surface area contributed by atoms with Crippen LogP contribution in [0, 0.1) is 12.7 Å². The molecule has 0 N–H and O–H groups in total. The molecule has 1 heterocycles. The molecular formula is C19H19ClFN3O2S2. The molecule has 148 valence electrons. The quantitative estimate of drug-likeness (QED) is 0.501. The number of nitrogens with zero attached hydrogens (tertiary/aromatic N) is 3. The minimum Gasteiger partial charge on any atom is -0.305 e. The van der Waals surface area contributed by atoms with Gasteiger partial charge in [-0.05, 0) is 38.1 Å².